The van der Waals surface area contributed by atoms with E-state index in [1.165, 1.54) is 4.68 Å². The van der Waals surface area contributed by atoms with Crippen LogP contribution < -0.4 is 21.3 Å². The average Bonchev–Trinajstić information content (AvgIpc) is 3.51. The van der Waals surface area contributed by atoms with Crippen molar-refractivity contribution in [3.8, 4) is 5.75 Å². The molecular formula is C23H22BrN7O3S. The van der Waals surface area contributed by atoms with Crippen LogP contribution in [0.2, 0.25) is 0 Å². The predicted molar refractivity (Wildman–Crippen MR) is 138 cm³/mol. The number of halogens is 1. The summed E-state index contributed by atoms with van der Waals surface area (Å²) in [7, 11) is 0. The molecule has 4 rings (SSSR count). The molecule has 0 aliphatic heterocycles. The van der Waals surface area contributed by atoms with Crippen LogP contribution in [-0.4, -0.2) is 32.7 Å². The molecule has 0 aliphatic carbocycles. The van der Waals surface area contributed by atoms with Crippen molar-refractivity contribution in [1.82, 2.24) is 20.2 Å². The molecule has 180 valence electrons. The lowest BCUT2D eigenvalue weighted by Gasteiger charge is -2.09. The van der Waals surface area contributed by atoms with Gasteiger partial charge in [0.05, 0.1) is 24.8 Å². The molecule has 1 amide bonds. The fraction of sp³-hybridized carbons (Fsp3) is 0.130. The average molecular weight is 556 g/mol. The van der Waals surface area contributed by atoms with E-state index in [0.29, 0.717) is 29.8 Å². The summed E-state index contributed by atoms with van der Waals surface area (Å²) >= 11 is 4.62. The maximum Gasteiger partial charge on any atom is 0.264 e. The number of nitrogen functional groups attached to an aromatic ring is 1. The zero-order valence-corrected chi connectivity index (χ0v) is 20.8. The van der Waals surface area contributed by atoms with E-state index in [2.05, 4.69) is 42.0 Å². The first-order valence-electron chi connectivity index (χ1n) is 10.5. The number of furan rings is 1. The van der Waals surface area contributed by atoms with Crippen molar-refractivity contribution in [3.63, 3.8) is 0 Å². The fourth-order valence-corrected chi connectivity index (χ4v) is 4.03. The third-order valence-corrected chi connectivity index (χ3v) is 6.04. The van der Waals surface area contributed by atoms with Crippen LogP contribution in [0.25, 0.3) is 0 Å². The molecule has 10 nitrogen and oxygen atoms in total. The molecule has 0 spiro atoms. The zero-order valence-electron chi connectivity index (χ0n) is 18.4. The van der Waals surface area contributed by atoms with Gasteiger partial charge in [-0.2, -0.15) is 5.10 Å². The smallest absolute Gasteiger partial charge is 0.264 e. The lowest BCUT2D eigenvalue weighted by Crippen LogP contribution is -2.24. The van der Waals surface area contributed by atoms with Crippen molar-refractivity contribution in [2.45, 2.75) is 18.3 Å². The van der Waals surface area contributed by atoms with Gasteiger partial charge in [-0.1, -0.05) is 52.0 Å². The number of ether oxygens (including phenoxy) is 1. The number of rotatable bonds is 11. The first-order chi connectivity index (χ1) is 17.1. The van der Waals surface area contributed by atoms with Gasteiger partial charge >= 0.3 is 0 Å². The van der Waals surface area contributed by atoms with E-state index >= 15 is 0 Å². The monoisotopic (exact) mass is 555 g/mol. The van der Waals surface area contributed by atoms with Crippen molar-refractivity contribution in [1.29, 1.82) is 0 Å². The highest BCUT2D eigenvalue weighted by Gasteiger charge is 2.12. The molecule has 0 aliphatic rings. The molecular weight excluding hydrogens is 534 g/mol. The van der Waals surface area contributed by atoms with Crippen molar-refractivity contribution < 1.29 is 13.9 Å². The van der Waals surface area contributed by atoms with E-state index in [0.717, 1.165) is 27.4 Å². The summed E-state index contributed by atoms with van der Waals surface area (Å²) < 4.78 is 13.4. The SMILES string of the molecule is Nn1c(N/N=C/c2ccccc2OCc2cccc(Br)c2)nnc1SCC(=O)NCc1ccco1. The summed E-state index contributed by atoms with van der Waals surface area (Å²) in [4.78, 5) is 12.0. The van der Waals surface area contributed by atoms with E-state index in [-0.39, 0.29) is 17.6 Å². The maximum absolute atomic E-state index is 12.0. The van der Waals surface area contributed by atoms with Gasteiger partial charge in [0.25, 0.3) is 5.95 Å². The molecule has 4 N–H and O–H groups in total. The number of hydrazone groups is 1. The number of amides is 1. The van der Waals surface area contributed by atoms with E-state index in [9.17, 15) is 4.79 Å². The Morgan fingerprint density at radius 2 is 2.09 bits per heavy atom. The van der Waals surface area contributed by atoms with Crippen LogP contribution in [0.15, 0.2) is 86.1 Å². The highest BCUT2D eigenvalue weighted by Crippen LogP contribution is 2.20. The number of nitrogens with two attached hydrogens (primary N) is 1. The molecule has 0 saturated carbocycles. The van der Waals surface area contributed by atoms with Crippen molar-refractivity contribution in [3.05, 3.63) is 88.3 Å². The summed E-state index contributed by atoms with van der Waals surface area (Å²) in [5.74, 6) is 7.57. The minimum atomic E-state index is -0.179. The van der Waals surface area contributed by atoms with Gasteiger partial charge in [-0.15, -0.1) is 10.2 Å². The Labute approximate surface area is 214 Å². The van der Waals surface area contributed by atoms with Crippen LogP contribution in [0.5, 0.6) is 5.75 Å². The van der Waals surface area contributed by atoms with E-state index in [4.69, 9.17) is 15.0 Å². The topological polar surface area (TPSA) is 133 Å². The number of nitrogens with zero attached hydrogens (tertiary/aromatic N) is 4. The Bertz CT molecular complexity index is 1290. The normalized spacial score (nSPS) is 11.0. The molecule has 2 heterocycles. The van der Waals surface area contributed by atoms with Gasteiger partial charge in [-0.25, -0.2) is 10.1 Å². The minimum Gasteiger partial charge on any atom is -0.488 e. The highest BCUT2D eigenvalue weighted by atomic mass is 79.9. The molecule has 4 aromatic rings. The van der Waals surface area contributed by atoms with Crippen LogP contribution >= 0.6 is 27.7 Å². The molecule has 2 aromatic heterocycles. The van der Waals surface area contributed by atoms with Gasteiger partial charge in [-0.3, -0.25) is 4.79 Å². The Morgan fingerprint density at radius 3 is 2.91 bits per heavy atom. The van der Waals surface area contributed by atoms with Crippen molar-refractivity contribution >= 4 is 45.8 Å². The number of hydrogen-bond donors (Lipinski definition) is 3. The second kappa shape index (κ2) is 12.1. The molecule has 12 heteroatoms. The lowest BCUT2D eigenvalue weighted by atomic mass is 10.2. The zero-order chi connectivity index (χ0) is 24.5. The number of para-hydroxylation sites is 1. The number of carbonyl (C=O) groups excluding carboxylic acids is 1. The number of carbonyl (C=O) groups is 1. The highest BCUT2D eigenvalue weighted by molar-refractivity contribution is 9.10. The Balaban J connectivity index is 1.29. The third-order valence-electron chi connectivity index (χ3n) is 4.61. The molecule has 0 bridgehead atoms. The largest absolute Gasteiger partial charge is 0.488 e. The Kier molecular flexibility index (Phi) is 8.41. The summed E-state index contributed by atoms with van der Waals surface area (Å²) in [5, 5.41) is 15.3. The van der Waals surface area contributed by atoms with Gasteiger partial charge in [0.15, 0.2) is 0 Å². The van der Waals surface area contributed by atoms with Crippen LogP contribution in [-0.2, 0) is 17.9 Å². The molecule has 2 aromatic carbocycles. The Morgan fingerprint density at radius 1 is 1.20 bits per heavy atom. The van der Waals surface area contributed by atoms with Crippen LogP contribution in [0, 0.1) is 0 Å². The van der Waals surface area contributed by atoms with Crippen molar-refractivity contribution in [2.24, 2.45) is 5.10 Å². The molecule has 0 radical (unpaired) electrons. The van der Waals surface area contributed by atoms with Crippen molar-refractivity contribution in [2.75, 3.05) is 17.0 Å². The van der Waals surface area contributed by atoms with Gasteiger partial charge in [-0.05, 0) is 42.0 Å². The van der Waals surface area contributed by atoms with Gasteiger partial charge < -0.3 is 20.3 Å². The maximum atomic E-state index is 12.0. The second-order valence-corrected chi connectivity index (χ2v) is 9.01. The number of benzene rings is 2. The summed E-state index contributed by atoms with van der Waals surface area (Å²) in [6, 6.07) is 19.0. The summed E-state index contributed by atoms with van der Waals surface area (Å²) in [6.45, 7) is 0.738. The first-order valence-corrected chi connectivity index (χ1v) is 12.2. The summed E-state index contributed by atoms with van der Waals surface area (Å²) in [6.07, 6.45) is 3.17. The summed E-state index contributed by atoms with van der Waals surface area (Å²) in [5.41, 5.74) is 4.59. The fourth-order valence-electron chi connectivity index (χ4n) is 2.90. The van der Waals surface area contributed by atoms with Gasteiger partial charge in [0, 0.05) is 10.0 Å². The number of aromatic nitrogens is 3. The van der Waals surface area contributed by atoms with Crippen LogP contribution in [0.1, 0.15) is 16.9 Å². The number of hydrogen-bond acceptors (Lipinski definition) is 9. The quantitative estimate of drug-likeness (QED) is 0.110. The van der Waals surface area contributed by atoms with Gasteiger partial charge in [0.2, 0.25) is 11.1 Å². The minimum absolute atomic E-state index is 0.127. The number of nitrogens with one attached hydrogen (secondary N) is 2. The molecule has 0 saturated heterocycles. The predicted octanol–water partition coefficient (Wildman–Crippen LogP) is 3.78. The van der Waals surface area contributed by atoms with Crippen LogP contribution in [0.4, 0.5) is 5.95 Å². The van der Waals surface area contributed by atoms with E-state index in [1.54, 1.807) is 24.6 Å². The third kappa shape index (κ3) is 7.11. The molecule has 0 atom stereocenters. The van der Waals surface area contributed by atoms with E-state index < -0.39 is 0 Å². The Hall–Kier alpha value is -3.77. The number of thioether (sulfide) groups is 1. The van der Waals surface area contributed by atoms with E-state index in [1.807, 2.05) is 48.5 Å². The molecule has 0 unspecified atom stereocenters. The van der Waals surface area contributed by atoms with Crippen LogP contribution in [0.3, 0.4) is 0 Å². The molecule has 0 fully saturated rings. The first kappa shape index (κ1) is 24.4. The molecule has 35 heavy (non-hydrogen) atoms. The standard InChI is InChI=1S/C23H22BrN7O3S/c24-18-7-3-5-16(11-18)14-34-20-9-2-1-6-17(20)12-27-28-22-29-30-23(31(22)25)35-15-21(32)26-13-19-8-4-10-33-19/h1-12H,13-15,25H2,(H,26,32)(H,28,29)/b27-12+. The number of anilines is 1. The van der Waals surface area contributed by atoms with Gasteiger partial charge in [0.1, 0.15) is 18.1 Å². The second-order valence-electron chi connectivity index (χ2n) is 7.15. The lowest BCUT2D eigenvalue weighted by molar-refractivity contribution is -0.118.